The van der Waals surface area contributed by atoms with Gasteiger partial charge in [-0.1, -0.05) is 45.2 Å². The Kier molecular flexibility index (Phi) is 2.48. The first-order valence-electron chi connectivity index (χ1n) is 4.03. The predicted octanol–water partition coefficient (Wildman–Crippen LogP) is 3.27. The van der Waals surface area contributed by atoms with Crippen molar-refractivity contribution in [1.82, 2.24) is 0 Å². The summed E-state index contributed by atoms with van der Waals surface area (Å²) >= 11 is 5.24. The van der Waals surface area contributed by atoms with E-state index >= 15 is 0 Å². The fourth-order valence-electron chi connectivity index (χ4n) is 2.55. The van der Waals surface area contributed by atoms with Gasteiger partial charge in [-0.3, -0.25) is 0 Å². The molecule has 0 saturated heterocycles. The van der Waals surface area contributed by atoms with E-state index in [-0.39, 0.29) is 0 Å². The zero-order valence-corrected chi connectivity index (χ0v) is 10.2. The van der Waals surface area contributed by atoms with Gasteiger partial charge in [0.15, 0.2) is 0 Å². The molecule has 2 heteroatoms. The van der Waals surface area contributed by atoms with Gasteiger partial charge in [-0.05, 0) is 37.0 Å². The Morgan fingerprint density at radius 1 is 1.20 bits per heavy atom. The van der Waals surface area contributed by atoms with Crippen molar-refractivity contribution in [2.24, 2.45) is 17.8 Å². The van der Waals surface area contributed by atoms with Gasteiger partial charge in [0, 0.05) is 8.35 Å². The molecule has 0 N–H and O–H groups in total. The highest BCUT2D eigenvalue weighted by Gasteiger charge is 2.45. The Hall–Kier alpha value is 1.46. The van der Waals surface area contributed by atoms with Crippen LogP contribution in [0.4, 0.5) is 0 Å². The second kappa shape index (κ2) is 3.07. The second-order valence-electron chi connectivity index (χ2n) is 3.60. The molecule has 0 aliphatic heterocycles. The summed E-state index contributed by atoms with van der Waals surface area (Å²) in [5, 5.41) is 0. The van der Waals surface area contributed by atoms with E-state index in [0.29, 0.717) is 0 Å². The largest absolute Gasteiger partial charge is 0.0860 e. The van der Waals surface area contributed by atoms with Crippen molar-refractivity contribution in [3.05, 3.63) is 0 Å². The number of alkyl halides is 2. The van der Waals surface area contributed by atoms with Crippen LogP contribution in [0.25, 0.3) is 0 Å². The van der Waals surface area contributed by atoms with Crippen LogP contribution in [0.2, 0.25) is 0 Å². The molecule has 0 radical (unpaired) electrons. The first-order chi connectivity index (χ1) is 4.83. The lowest BCUT2D eigenvalue weighted by Crippen LogP contribution is -2.22. The number of fused-ring (bicyclic) bond motifs is 2. The van der Waals surface area contributed by atoms with E-state index in [9.17, 15) is 0 Å². The molecular weight excluding hydrogens is 350 g/mol. The highest BCUT2D eigenvalue weighted by molar-refractivity contribution is 14.1. The van der Waals surface area contributed by atoms with Crippen LogP contribution < -0.4 is 0 Å². The van der Waals surface area contributed by atoms with E-state index in [0.717, 1.165) is 21.7 Å². The van der Waals surface area contributed by atoms with Crippen molar-refractivity contribution in [3.8, 4) is 0 Å². The van der Waals surface area contributed by atoms with E-state index in [1.165, 1.54) is 17.3 Å². The third kappa shape index (κ3) is 1.13. The standard InChI is InChI=1S/C8H12I2/c9-4-7-5-1-2-6(3-5)8(7)10/h5-8H,1-4H2. The molecule has 0 spiro atoms. The normalized spacial score (nSPS) is 52.2. The van der Waals surface area contributed by atoms with Crippen LogP contribution in [0.1, 0.15) is 19.3 Å². The summed E-state index contributed by atoms with van der Waals surface area (Å²) in [5.74, 6) is 3.29. The minimum atomic E-state index is 1.02. The molecule has 4 unspecified atom stereocenters. The SMILES string of the molecule is ICC1C2CCC(C2)C1I. The van der Waals surface area contributed by atoms with Crippen molar-refractivity contribution in [1.29, 1.82) is 0 Å². The minimum absolute atomic E-state index is 1.02. The summed E-state index contributed by atoms with van der Waals surface area (Å²) in [7, 11) is 0. The van der Waals surface area contributed by atoms with Gasteiger partial charge in [-0.15, -0.1) is 0 Å². The van der Waals surface area contributed by atoms with Crippen LogP contribution in [0.15, 0.2) is 0 Å². The Labute approximate surface area is 89.8 Å². The first kappa shape index (κ1) is 8.08. The lowest BCUT2D eigenvalue weighted by Gasteiger charge is -2.24. The van der Waals surface area contributed by atoms with Gasteiger partial charge in [0.2, 0.25) is 0 Å². The van der Waals surface area contributed by atoms with Crippen molar-refractivity contribution in [2.75, 3.05) is 4.43 Å². The quantitative estimate of drug-likeness (QED) is 0.496. The van der Waals surface area contributed by atoms with Crippen LogP contribution >= 0.6 is 45.2 Å². The fourth-order valence-corrected chi connectivity index (χ4v) is 6.29. The van der Waals surface area contributed by atoms with E-state index in [4.69, 9.17) is 0 Å². The number of halogens is 2. The molecule has 2 fully saturated rings. The number of hydrogen-bond donors (Lipinski definition) is 0. The summed E-state index contributed by atoms with van der Waals surface area (Å²) in [6.07, 6.45) is 4.63. The lowest BCUT2D eigenvalue weighted by molar-refractivity contribution is 0.390. The third-order valence-corrected chi connectivity index (χ3v) is 6.11. The summed E-state index contributed by atoms with van der Waals surface area (Å²) in [5.41, 5.74) is 0. The van der Waals surface area contributed by atoms with Crippen LogP contribution in [0, 0.1) is 17.8 Å². The minimum Gasteiger partial charge on any atom is -0.0860 e. The predicted molar refractivity (Wildman–Crippen MR) is 61.0 cm³/mol. The summed E-state index contributed by atoms with van der Waals surface area (Å²) in [6, 6.07) is 0. The van der Waals surface area contributed by atoms with Gasteiger partial charge in [-0.25, -0.2) is 0 Å². The fraction of sp³-hybridized carbons (Fsp3) is 1.00. The van der Waals surface area contributed by atoms with Crippen LogP contribution in [-0.4, -0.2) is 8.35 Å². The van der Waals surface area contributed by atoms with Crippen LogP contribution in [0.3, 0.4) is 0 Å². The monoisotopic (exact) mass is 362 g/mol. The van der Waals surface area contributed by atoms with Gasteiger partial charge < -0.3 is 0 Å². The molecular formula is C8H12I2. The molecule has 0 amide bonds. The van der Waals surface area contributed by atoms with Gasteiger partial charge in [0.1, 0.15) is 0 Å². The van der Waals surface area contributed by atoms with E-state index in [1.54, 1.807) is 6.42 Å². The summed E-state index contributed by atoms with van der Waals surface area (Å²) < 4.78 is 2.42. The molecule has 58 valence electrons. The molecule has 4 atom stereocenters. The molecule has 0 heterocycles. The third-order valence-electron chi connectivity index (χ3n) is 3.16. The first-order valence-corrected chi connectivity index (χ1v) is 6.80. The Bertz CT molecular complexity index is 133. The van der Waals surface area contributed by atoms with Crippen molar-refractivity contribution < 1.29 is 0 Å². The molecule has 10 heavy (non-hydrogen) atoms. The molecule has 2 bridgehead atoms. The van der Waals surface area contributed by atoms with E-state index in [1.807, 2.05) is 0 Å². The molecule has 2 rings (SSSR count). The maximum atomic E-state index is 2.68. The number of rotatable bonds is 1. The van der Waals surface area contributed by atoms with Gasteiger partial charge in [0.05, 0.1) is 0 Å². The average Bonchev–Trinajstić information content (AvgIpc) is 2.46. The van der Waals surface area contributed by atoms with E-state index in [2.05, 4.69) is 45.2 Å². The maximum Gasteiger partial charge on any atom is 0.0176 e. The molecule has 0 aromatic carbocycles. The highest BCUT2D eigenvalue weighted by atomic mass is 127. The summed E-state index contributed by atoms with van der Waals surface area (Å²) in [6.45, 7) is 0. The van der Waals surface area contributed by atoms with Crippen molar-refractivity contribution in [3.63, 3.8) is 0 Å². The zero-order chi connectivity index (χ0) is 7.14. The molecule has 2 saturated carbocycles. The average molecular weight is 362 g/mol. The highest BCUT2D eigenvalue weighted by Crippen LogP contribution is 2.52. The van der Waals surface area contributed by atoms with Crippen LogP contribution in [0.5, 0.6) is 0 Å². The van der Waals surface area contributed by atoms with Crippen molar-refractivity contribution in [2.45, 2.75) is 23.2 Å². The molecule has 0 nitrogen and oxygen atoms in total. The Morgan fingerprint density at radius 2 is 1.90 bits per heavy atom. The lowest BCUT2D eigenvalue weighted by atomic mass is 9.91. The van der Waals surface area contributed by atoms with Crippen LogP contribution in [-0.2, 0) is 0 Å². The van der Waals surface area contributed by atoms with Gasteiger partial charge in [-0.2, -0.15) is 0 Å². The molecule has 2 aliphatic carbocycles. The van der Waals surface area contributed by atoms with Gasteiger partial charge in [0.25, 0.3) is 0 Å². The van der Waals surface area contributed by atoms with Crippen molar-refractivity contribution >= 4 is 45.2 Å². The number of hydrogen-bond acceptors (Lipinski definition) is 0. The Morgan fingerprint density at radius 3 is 2.30 bits per heavy atom. The topological polar surface area (TPSA) is 0 Å². The Balaban J connectivity index is 2.10. The smallest absolute Gasteiger partial charge is 0.0176 e. The maximum absolute atomic E-state index is 2.68. The van der Waals surface area contributed by atoms with E-state index < -0.39 is 0 Å². The molecule has 0 aromatic rings. The molecule has 0 aromatic heterocycles. The zero-order valence-electron chi connectivity index (χ0n) is 5.89. The second-order valence-corrected chi connectivity index (χ2v) is 5.91. The summed E-state index contributed by atoms with van der Waals surface area (Å²) in [4.78, 5) is 0. The van der Waals surface area contributed by atoms with Gasteiger partial charge >= 0.3 is 0 Å². The molecule has 2 aliphatic rings.